The van der Waals surface area contributed by atoms with Crippen molar-refractivity contribution in [3.8, 4) is 5.75 Å². The van der Waals surface area contributed by atoms with E-state index in [-0.39, 0.29) is 5.91 Å². The Morgan fingerprint density at radius 1 is 1.14 bits per heavy atom. The molecule has 0 unspecified atom stereocenters. The lowest BCUT2D eigenvalue weighted by molar-refractivity contribution is -0.116. The lowest BCUT2D eigenvalue weighted by Gasteiger charge is -2.34. The van der Waals surface area contributed by atoms with Crippen LogP contribution in [0.4, 0.5) is 0 Å². The van der Waals surface area contributed by atoms with E-state index >= 15 is 0 Å². The summed E-state index contributed by atoms with van der Waals surface area (Å²) in [4.78, 5) is 17.9. The summed E-state index contributed by atoms with van der Waals surface area (Å²) >= 11 is 1.57. The highest BCUT2D eigenvalue weighted by atomic mass is 32.2. The number of ether oxygens (including phenoxy) is 1. The fourth-order valence-corrected chi connectivity index (χ4v) is 4.26. The van der Waals surface area contributed by atoms with Gasteiger partial charge in [0.15, 0.2) is 11.3 Å². The van der Waals surface area contributed by atoms with Crippen molar-refractivity contribution in [1.82, 2.24) is 10.3 Å². The Bertz CT molecular complexity index is 1050. The maximum Gasteiger partial charge on any atom is 0.276 e. The molecular formula is C22H24N4O2S. The summed E-state index contributed by atoms with van der Waals surface area (Å²) in [5.74, 6) is 1.59. The number of thioether (sulfide) groups is 1. The number of hydrogen-bond donors (Lipinski definition) is 1. The average Bonchev–Trinajstić information content (AvgIpc) is 2.74. The summed E-state index contributed by atoms with van der Waals surface area (Å²) in [6.07, 6.45) is 1.78. The fraction of sp³-hybridized carbons (Fsp3) is 0.318. The third-order valence-corrected chi connectivity index (χ3v) is 5.69. The van der Waals surface area contributed by atoms with Gasteiger partial charge in [0.05, 0.1) is 12.0 Å². The Balaban J connectivity index is 1.78. The van der Waals surface area contributed by atoms with Gasteiger partial charge in [0, 0.05) is 11.0 Å². The molecule has 0 radical (unpaired) electrons. The van der Waals surface area contributed by atoms with E-state index in [0.29, 0.717) is 17.5 Å². The molecule has 0 spiro atoms. The second-order valence-electron chi connectivity index (χ2n) is 6.78. The molecule has 29 heavy (non-hydrogen) atoms. The summed E-state index contributed by atoms with van der Waals surface area (Å²) in [5, 5.41) is 11.7. The van der Waals surface area contributed by atoms with E-state index in [1.54, 1.807) is 16.8 Å². The first-order valence-electron chi connectivity index (χ1n) is 9.93. The van der Waals surface area contributed by atoms with Crippen LogP contribution < -0.4 is 20.6 Å². The van der Waals surface area contributed by atoms with Crippen molar-refractivity contribution in [1.29, 1.82) is 0 Å². The van der Waals surface area contributed by atoms with Gasteiger partial charge in [-0.2, -0.15) is 0 Å². The highest BCUT2D eigenvalue weighted by molar-refractivity contribution is 8.13. The lowest BCUT2D eigenvalue weighted by atomic mass is 10.1. The molecule has 2 aromatic rings. The van der Waals surface area contributed by atoms with Gasteiger partial charge in [0.25, 0.3) is 5.91 Å². The zero-order chi connectivity index (χ0) is 20.2. The third-order valence-electron chi connectivity index (χ3n) is 4.74. The van der Waals surface area contributed by atoms with E-state index in [9.17, 15) is 4.79 Å². The van der Waals surface area contributed by atoms with Gasteiger partial charge in [0.2, 0.25) is 0 Å². The van der Waals surface area contributed by atoms with Crippen molar-refractivity contribution < 1.29 is 9.53 Å². The molecule has 1 atom stereocenters. The van der Waals surface area contributed by atoms with E-state index < -0.39 is 6.17 Å². The second kappa shape index (κ2) is 8.69. The first kappa shape index (κ1) is 19.5. The number of unbranched alkanes of at least 4 members (excludes halogenated alkanes) is 1. The molecule has 0 aromatic heterocycles. The van der Waals surface area contributed by atoms with Crippen LogP contribution in [0.25, 0.3) is 5.70 Å². The number of hydrogen-bond acceptors (Lipinski definition) is 6. The SMILES string of the molecule is CCCCSC1=NN2C(=c3ccccc3=N[C@@H]2c2ccc(OCC)cc2)C(=O)N1. The summed E-state index contributed by atoms with van der Waals surface area (Å²) in [5.41, 5.74) is 1.49. The predicted octanol–water partition coefficient (Wildman–Crippen LogP) is 2.76. The molecule has 2 aliphatic heterocycles. The molecule has 7 heteroatoms. The van der Waals surface area contributed by atoms with E-state index in [1.807, 2.05) is 55.5 Å². The molecular weight excluding hydrogens is 384 g/mol. The number of fused-ring (bicyclic) bond motifs is 2. The standard InChI is InChI=1S/C22H24N4O2S/c1-3-5-14-29-22-24-21(27)19-17-8-6-7-9-18(17)23-20(26(19)25-22)15-10-12-16(13-11-15)28-4-2/h6-13,20H,3-5,14H2,1-2H3,(H,24,25,27)/t20-/m0/s1. The Kier molecular flexibility index (Phi) is 5.85. The minimum atomic E-state index is -0.400. The topological polar surface area (TPSA) is 66.3 Å². The van der Waals surface area contributed by atoms with Crippen molar-refractivity contribution in [3.05, 3.63) is 64.7 Å². The molecule has 0 aliphatic carbocycles. The van der Waals surface area contributed by atoms with Crippen LogP contribution in [0.1, 0.15) is 38.4 Å². The first-order valence-corrected chi connectivity index (χ1v) is 10.9. The smallest absolute Gasteiger partial charge is 0.276 e. The normalized spacial score (nSPS) is 17.7. The van der Waals surface area contributed by atoms with Crippen molar-refractivity contribution in [2.45, 2.75) is 32.9 Å². The molecule has 150 valence electrons. The molecule has 1 N–H and O–H groups in total. The number of benzene rings is 2. The molecule has 0 saturated heterocycles. The highest BCUT2D eigenvalue weighted by Crippen LogP contribution is 2.31. The number of hydrazone groups is 1. The van der Waals surface area contributed by atoms with Gasteiger partial charge in [-0.1, -0.05) is 55.4 Å². The molecule has 0 saturated carbocycles. The average molecular weight is 409 g/mol. The van der Waals surface area contributed by atoms with Crippen LogP contribution in [0, 0.1) is 0 Å². The second-order valence-corrected chi connectivity index (χ2v) is 7.86. The number of para-hydroxylation sites is 1. The summed E-state index contributed by atoms with van der Waals surface area (Å²) < 4.78 is 5.56. The Morgan fingerprint density at radius 2 is 1.93 bits per heavy atom. The monoisotopic (exact) mass is 408 g/mol. The molecule has 1 amide bonds. The lowest BCUT2D eigenvalue weighted by Crippen LogP contribution is -2.50. The zero-order valence-electron chi connectivity index (χ0n) is 16.6. The quantitative estimate of drug-likeness (QED) is 0.747. The minimum Gasteiger partial charge on any atom is -0.494 e. The summed E-state index contributed by atoms with van der Waals surface area (Å²) in [6.45, 7) is 4.73. The van der Waals surface area contributed by atoms with Crippen LogP contribution in [0.3, 0.4) is 0 Å². The van der Waals surface area contributed by atoms with Gasteiger partial charge >= 0.3 is 0 Å². The molecule has 0 fully saturated rings. The van der Waals surface area contributed by atoms with Crippen LogP contribution in [0.15, 0.2) is 58.6 Å². The van der Waals surface area contributed by atoms with Gasteiger partial charge in [-0.05, 0) is 37.1 Å². The van der Waals surface area contributed by atoms with E-state index in [2.05, 4.69) is 12.2 Å². The minimum absolute atomic E-state index is 0.141. The van der Waals surface area contributed by atoms with E-state index in [1.165, 1.54) is 0 Å². The van der Waals surface area contributed by atoms with Crippen LogP contribution in [0.2, 0.25) is 0 Å². The zero-order valence-corrected chi connectivity index (χ0v) is 17.4. The van der Waals surface area contributed by atoms with Gasteiger partial charge in [-0.15, -0.1) is 5.10 Å². The van der Waals surface area contributed by atoms with Crippen molar-refractivity contribution in [3.63, 3.8) is 0 Å². The molecule has 4 rings (SSSR count). The number of carbonyl (C=O) groups is 1. The third kappa shape index (κ3) is 4.00. The van der Waals surface area contributed by atoms with Gasteiger partial charge < -0.3 is 4.74 Å². The van der Waals surface area contributed by atoms with Crippen molar-refractivity contribution in [2.24, 2.45) is 10.1 Å². The molecule has 0 bridgehead atoms. The van der Waals surface area contributed by atoms with Crippen molar-refractivity contribution >= 4 is 28.5 Å². The van der Waals surface area contributed by atoms with Crippen LogP contribution >= 0.6 is 11.8 Å². The maximum absolute atomic E-state index is 13.0. The Hall–Kier alpha value is -2.80. The van der Waals surface area contributed by atoms with E-state index in [0.717, 1.165) is 40.5 Å². The van der Waals surface area contributed by atoms with Gasteiger partial charge in [-0.3, -0.25) is 15.1 Å². The predicted molar refractivity (Wildman–Crippen MR) is 116 cm³/mol. The number of nitrogens with one attached hydrogen (secondary N) is 1. The van der Waals surface area contributed by atoms with Crippen LogP contribution in [-0.2, 0) is 4.79 Å². The van der Waals surface area contributed by atoms with Crippen LogP contribution in [-0.4, -0.2) is 28.4 Å². The van der Waals surface area contributed by atoms with Gasteiger partial charge in [-0.25, -0.2) is 5.01 Å². The first-order chi connectivity index (χ1) is 14.2. The summed E-state index contributed by atoms with van der Waals surface area (Å²) in [7, 11) is 0. The molecule has 2 aromatic carbocycles. The van der Waals surface area contributed by atoms with E-state index in [4.69, 9.17) is 14.8 Å². The molecule has 6 nitrogen and oxygen atoms in total. The summed E-state index contributed by atoms with van der Waals surface area (Å²) in [6, 6.07) is 15.5. The highest BCUT2D eigenvalue weighted by Gasteiger charge is 2.34. The maximum atomic E-state index is 13.0. The number of nitrogens with zero attached hydrogens (tertiary/aromatic N) is 3. The number of carbonyl (C=O) groups excluding carboxylic acids is 1. The number of rotatable bonds is 6. The Labute approximate surface area is 174 Å². The molecule has 2 heterocycles. The van der Waals surface area contributed by atoms with Gasteiger partial charge in [0.1, 0.15) is 11.4 Å². The number of amides is 1. The van der Waals surface area contributed by atoms with Crippen LogP contribution in [0.5, 0.6) is 5.75 Å². The fourth-order valence-electron chi connectivity index (χ4n) is 3.33. The largest absolute Gasteiger partial charge is 0.494 e. The number of amidine groups is 1. The molecule has 2 aliphatic rings. The van der Waals surface area contributed by atoms with Crippen molar-refractivity contribution in [2.75, 3.05) is 12.4 Å². The Morgan fingerprint density at radius 3 is 2.69 bits per heavy atom.